The summed E-state index contributed by atoms with van der Waals surface area (Å²) in [5.41, 5.74) is 14.3. The number of carbonyl (C=O) groups is 7. The lowest BCUT2D eigenvalue weighted by atomic mass is 9.83. The number of thioether (sulfide) groups is 1. The van der Waals surface area contributed by atoms with E-state index in [1.807, 2.05) is 20.8 Å². The van der Waals surface area contributed by atoms with Gasteiger partial charge in [-0.05, 0) is 107 Å². The third-order valence-electron chi connectivity index (χ3n) is 13.0. The summed E-state index contributed by atoms with van der Waals surface area (Å²) < 4.78 is 17.5. The first-order valence-electron chi connectivity index (χ1n) is 23.4. The topological polar surface area (TPSA) is 255 Å². The van der Waals surface area contributed by atoms with Gasteiger partial charge in [0.15, 0.2) is 0 Å². The predicted molar refractivity (Wildman–Crippen MR) is 248 cm³/mol. The van der Waals surface area contributed by atoms with Gasteiger partial charge in [0, 0.05) is 30.0 Å². The first kappa shape index (κ1) is 55.1. The average Bonchev–Trinajstić information content (AvgIpc) is 3.74. The molecule has 5 unspecified atom stereocenters. The van der Waals surface area contributed by atoms with Gasteiger partial charge >= 0.3 is 29.8 Å². The van der Waals surface area contributed by atoms with Gasteiger partial charge in [-0.25, -0.2) is 9.59 Å². The molecule has 1 fully saturated rings. The number of aliphatic carboxylic acids is 2. The molecular weight excluding hydrogens is 857 g/mol. The van der Waals surface area contributed by atoms with Crippen LogP contribution in [-0.2, 0) is 44.7 Å². The number of ether oxygens (including phenoxy) is 3. The maximum Gasteiger partial charge on any atom is 0.333 e. The average molecular weight is 933 g/mol. The van der Waals surface area contributed by atoms with E-state index in [2.05, 4.69) is 44.7 Å². The van der Waals surface area contributed by atoms with E-state index < -0.39 is 78.7 Å². The van der Waals surface area contributed by atoms with Crippen molar-refractivity contribution in [2.75, 3.05) is 24.6 Å². The molecule has 0 saturated carbocycles. The first-order chi connectivity index (χ1) is 30.5. The standard InChI is InChI=1S/C48H76N4O12S/c1-28(2)13-9-14-29(3)15-10-16-30(4)17-11-22-48(8)23-21-34-33(7)41(31(5)32(6)42(34)64-48)63-47(61)35(44(56)52-24-12-18-38(52)46(59)60)26-65-27-37(50)43(55)51-25-40(54)62-39(53)20-19-36(49)45(57)58/h28-30,35-38H,9-27,49-50H2,1-8H3,(H,51,55)(H,57,58)(H,59,60)/t29?,30?,35?,36-,37-,38?,48?/m0/s1. The second-order valence-corrected chi connectivity index (χ2v) is 20.2. The zero-order valence-electron chi connectivity index (χ0n) is 40.0. The molecule has 0 aliphatic carbocycles. The molecular formula is C48H76N4O12S. The number of esters is 3. The van der Waals surface area contributed by atoms with Crippen LogP contribution >= 0.6 is 11.8 Å². The van der Waals surface area contributed by atoms with Crippen molar-refractivity contribution in [1.29, 1.82) is 0 Å². The largest absolute Gasteiger partial charge is 0.487 e. The second-order valence-electron chi connectivity index (χ2n) is 19.1. The van der Waals surface area contributed by atoms with Crippen LogP contribution in [0.1, 0.15) is 147 Å². The van der Waals surface area contributed by atoms with Crippen molar-refractivity contribution in [3.8, 4) is 11.5 Å². The highest BCUT2D eigenvalue weighted by atomic mass is 32.2. The molecule has 0 aromatic heterocycles. The van der Waals surface area contributed by atoms with Crippen molar-refractivity contribution in [2.45, 2.75) is 175 Å². The van der Waals surface area contributed by atoms with Crippen LogP contribution in [0.4, 0.5) is 0 Å². The molecule has 0 spiro atoms. The van der Waals surface area contributed by atoms with Crippen LogP contribution in [-0.4, -0.2) is 105 Å². The summed E-state index contributed by atoms with van der Waals surface area (Å²) in [4.78, 5) is 88.8. The van der Waals surface area contributed by atoms with Crippen molar-refractivity contribution < 1.29 is 58.0 Å². The third-order valence-corrected chi connectivity index (χ3v) is 14.1. The number of fused-ring (bicyclic) bond motifs is 1. The van der Waals surface area contributed by atoms with Gasteiger partial charge in [-0.2, -0.15) is 11.8 Å². The lowest BCUT2D eigenvalue weighted by molar-refractivity contribution is -0.159. The summed E-state index contributed by atoms with van der Waals surface area (Å²) in [6.07, 6.45) is 12.4. The van der Waals surface area contributed by atoms with Gasteiger partial charge in [0.05, 0.1) is 6.04 Å². The summed E-state index contributed by atoms with van der Waals surface area (Å²) >= 11 is 1.01. The Morgan fingerprint density at radius 2 is 1.48 bits per heavy atom. The van der Waals surface area contributed by atoms with Gasteiger partial charge in [-0.15, -0.1) is 0 Å². The normalized spacial score (nSPS) is 19.3. The fourth-order valence-electron chi connectivity index (χ4n) is 8.60. The molecule has 1 aromatic rings. The summed E-state index contributed by atoms with van der Waals surface area (Å²) in [6.45, 7) is 16.6. The Morgan fingerprint density at radius 1 is 0.846 bits per heavy atom. The number of carboxylic acids is 2. The van der Waals surface area contributed by atoms with Crippen LogP contribution in [0.25, 0.3) is 0 Å². The highest BCUT2D eigenvalue weighted by molar-refractivity contribution is 7.99. The summed E-state index contributed by atoms with van der Waals surface area (Å²) in [5, 5.41) is 20.9. The number of carboxylic acid groups (broad SMARTS) is 2. The van der Waals surface area contributed by atoms with Gasteiger partial charge in [-0.3, -0.25) is 24.0 Å². The van der Waals surface area contributed by atoms with Gasteiger partial charge < -0.3 is 46.1 Å². The van der Waals surface area contributed by atoms with Crippen LogP contribution in [0.5, 0.6) is 11.5 Å². The molecule has 7 atom stereocenters. The fraction of sp³-hybridized carbons (Fsp3) is 0.729. The maximum atomic E-state index is 14.1. The van der Waals surface area contributed by atoms with Crippen molar-refractivity contribution >= 4 is 53.4 Å². The molecule has 2 aliphatic heterocycles. The minimum atomic E-state index is -1.43. The SMILES string of the molecule is Cc1c(C)c2c(c(C)c1OC(=O)C(CSC[C@H](N)C(=O)NCC(=O)OC(=O)CC[C@H](N)C(=O)O)C(=O)N1CCCC1C(=O)O)CCC(C)(CCCC(C)CCCC(C)CCCC(C)C)O2. The minimum Gasteiger partial charge on any atom is -0.487 e. The minimum absolute atomic E-state index is 0.102. The number of hydrogen-bond acceptors (Lipinski definition) is 13. The Hall–Kier alpha value is -4.22. The molecule has 2 aliphatic rings. The predicted octanol–water partition coefficient (Wildman–Crippen LogP) is 6.17. The Morgan fingerprint density at radius 3 is 2.09 bits per heavy atom. The molecule has 2 amide bonds. The Labute approximate surface area is 389 Å². The van der Waals surface area contributed by atoms with Gasteiger partial charge in [0.25, 0.3) is 0 Å². The van der Waals surface area contributed by atoms with E-state index in [4.69, 9.17) is 26.0 Å². The first-order valence-corrected chi connectivity index (χ1v) is 24.6. The third kappa shape index (κ3) is 17.2. The van der Waals surface area contributed by atoms with E-state index in [0.29, 0.717) is 23.7 Å². The number of carbonyl (C=O) groups excluding carboxylic acids is 5. The number of likely N-dealkylation sites (tertiary alicyclic amines) is 1. The highest BCUT2D eigenvalue weighted by Crippen LogP contribution is 2.45. The molecule has 0 bridgehead atoms. The van der Waals surface area contributed by atoms with E-state index >= 15 is 0 Å². The zero-order chi connectivity index (χ0) is 48.6. The van der Waals surface area contributed by atoms with Crippen LogP contribution < -0.4 is 26.3 Å². The Kier molecular flexibility index (Phi) is 22.2. The highest BCUT2D eigenvalue weighted by Gasteiger charge is 2.42. The molecule has 65 heavy (non-hydrogen) atoms. The van der Waals surface area contributed by atoms with E-state index in [1.54, 1.807) is 0 Å². The fourth-order valence-corrected chi connectivity index (χ4v) is 9.66. The lowest BCUT2D eigenvalue weighted by Gasteiger charge is -2.38. The molecule has 7 N–H and O–H groups in total. The molecule has 16 nitrogen and oxygen atoms in total. The van der Waals surface area contributed by atoms with Crippen LogP contribution in [0.2, 0.25) is 0 Å². The molecule has 1 aromatic carbocycles. The number of nitrogens with zero attached hydrogens (tertiary/aromatic N) is 1. The summed E-state index contributed by atoms with van der Waals surface area (Å²) in [5.74, 6) is -5.34. The van der Waals surface area contributed by atoms with Crippen molar-refractivity contribution in [2.24, 2.45) is 35.1 Å². The lowest BCUT2D eigenvalue weighted by Crippen LogP contribution is -2.47. The van der Waals surface area contributed by atoms with Crippen molar-refractivity contribution in [3.63, 3.8) is 0 Å². The number of nitrogens with two attached hydrogens (primary N) is 2. The summed E-state index contributed by atoms with van der Waals surface area (Å²) in [7, 11) is 0. The number of rotatable bonds is 27. The van der Waals surface area contributed by atoms with E-state index in [-0.39, 0.29) is 36.5 Å². The van der Waals surface area contributed by atoms with Crippen LogP contribution in [0, 0.1) is 44.4 Å². The van der Waals surface area contributed by atoms with Gasteiger partial charge in [0.1, 0.15) is 41.6 Å². The van der Waals surface area contributed by atoms with E-state index in [9.17, 15) is 38.7 Å². The monoisotopic (exact) mass is 933 g/mol. The summed E-state index contributed by atoms with van der Waals surface area (Å²) in [6, 6.07) is -3.62. The van der Waals surface area contributed by atoms with Crippen LogP contribution in [0.15, 0.2) is 0 Å². The number of nitrogens with one attached hydrogen (secondary N) is 1. The molecule has 2 heterocycles. The second kappa shape index (κ2) is 26.2. The van der Waals surface area contributed by atoms with Crippen molar-refractivity contribution in [3.05, 3.63) is 22.3 Å². The number of hydrogen-bond donors (Lipinski definition) is 5. The molecule has 3 rings (SSSR count). The number of benzene rings is 1. The smallest absolute Gasteiger partial charge is 0.333 e. The quantitative estimate of drug-likeness (QED) is 0.0376. The van der Waals surface area contributed by atoms with Gasteiger partial charge in [-0.1, -0.05) is 72.6 Å². The van der Waals surface area contributed by atoms with Gasteiger partial charge in [0.2, 0.25) is 11.8 Å². The van der Waals surface area contributed by atoms with Crippen LogP contribution in [0.3, 0.4) is 0 Å². The van der Waals surface area contributed by atoms with E-state index in [0.717, 1.165) is 78.1 Å². The molecule has 0 radical (unpaired) electrons. The van der Waals surface area contributed by atoms with Crippen molar-refractivity contribution in [1.82, 2.24) is 10.2 Å². The Bertz CT molecular complexity index is 1840. The molecule has 366 valence electrons. The zero-order valence-corrected chi connectivity index (χ0v) is 40.8. The molecule has 1 saturated heterocycles. The Balaban J connectivity index is 1.63. The molecule has 17 heteroatoms. The maximum absolute atomic E-state index is 14.1. The van der Waals surface area contributed by atoms with E-state index in [1.165, 1.54) is 43.4 Å². The number of amides is 2.